The van der Waals surface area contributed by atoms with E-state index in [4.69, 9.17) is 0 Å². The standard InChI is InChI=1S/C28H24FN3O3/c1-15(2)19-8-11-25(33)21(12-19)17-4-6-18(7-5-17)26-23(14-30)27(31-16(3)28(34)35)22-13-20(29)9-10-24(22)32-26/h4-13,15-16,33H,1-3H3,(H,31,32)(H,34,35). The van der Waals surface area contributed by atoms with Crippen LogP contribution in [0.5, 0.6) is 5.75 Å². The Kier molecular flexibility index (Phi) is 6.39. The molecule has 7 heteroatoms. The second-order valence-corrected chi connectivity index (χ2v) is 8.70. The molecule has 176 valence electrons. The van der Waals surface area contributed by atoms with Gasteiger partial charge in [0.25, 0.3) is 0 Å². The van der Waals surface area contributed by atoms with Gasteiger partial charge in [-0.05, 0) is 54.3 Å². The first-order valence-electron chi connectivity index (χ1n) is 11.2. The minimum atomic E-state index is -1.11. The molecule has 0 spiro atoms. The number of aromatic nitrogens is 1. The molecule has 0 saturated carbocycles. The highest BCUT2D eigenvalue weighted by molar-refractivity contribution is 5.99. The monoisotopic (exact) mass is 469 g/mol. The lowest BCUT2D eigenvalue weighted by atomic mass is 9.95. The van der Waals surface area contributed by atoms with Gasteiger partial charge in [0.2, 0.25) is 0 Å². The molecular weight excluding hydrogens is 445 g/mol. The number of carbonyl (C=O) groups is 1. The van der Waals surface area contributed by atoms with Crippen LogP contribution in [0.15, 0.2) is 60.7 Å². The van der Waals surface area contributed by atoms with Gasteiger partial charge in [0, 0.05) is 16.5 Å². The molecule has 3 N–H and O–H groups in total. The summed E-state index contributed by atoms with van der Waals surface area (Å²) in [4.78, 5) is 16.1. The van der Waals surface area contributed by atoms with Gasteiger partial charge < -0.3 is 15.5 Å². The molecule has 0 radical (unpaired) electrons. The van der Waals surface area contributed by atoms with E-state index in [1.165, 1.54) is 25.1 Å². The number of phenolic OH excluding ortho intramolecular Hbond substituents is 1. The maximum Gasteiger partial charge on any atom is 0.325 e. The molecule has 6 nitrogen and oxygen atoms in total. The van der Waals surface area contributed by atoms with Crippen molar-refractivity contribution in [1.82, 2.24) is 4.98 Å². The van der Waals surface area contributed by atoms with Gasteiger partial charge in [-0.15, -0.1) is 0 Å². The fourth-order valence-electron chi connectivity index (χ4n) is 3.93. The molecule has 4 rings (SSSR count). The predicted molar refractivity (Wildman–Crippen MR) is 134 cm³/mol. The Balaban J connectivity index is 1.86. The molecule has 0 fully saturated rings. The number of fused-ring (bicyclic) bond motifs is 1. The third-order valence-electron chi connectivity index (χ3n) is 5.95. The van der Waals surface area contributed by atoms with Crippen molar-refractivity contribution in [2.45, 2.75) is 32.7 Å². The van der Waals surface area contributed by atoms with E-state index in [1.807, 2.05) is 24.3 Å². The number of benzene rings is 3. The fourth-order valence-corrected chi connectivity index (χ4v) is 3.93. The molecule has 0 aliphatic rings. The third kappa shape index (κ3) is 4.64. The van der Waals surface area contributed by atoms with Crippen molar-refractivity contribution < 1.29 is 19.4 Å². The van der Waals surface area contributed by atoms with Crippen LogP contribution in [0.2, 0.25) is 0 Å². The van der Waals surface area contributed by atoms with Crippen LogP contribution in [0.1, 0.15) is 37.8 Å². The van der Waals surface area contributed by atoms with E-state index in [9.17, 15) is 24.7 Å². The number of phenols is 1. The topological polar surface area (TPSA) is 106 Å². The zero-order valence-corrected chi connectivity index (χ0v) is 19.5. The van der Waals surface area contributed by atoms with Crippen LogP contribution in [-0.4, -0.2) is 27.2 Å². The third-order valence-corrected chi connectivity index (χ3v) is 5.95. The van der Waals surface area contributed by atoms with Crippen LogP contribution in [0, 0.1) is 17.1 Å². The lowest BCUT2D eigenvalue weighted by Gasteiger charge is -2.17. The summed E-state index contributed by atoms with van der Waals surface area (Å²) < 4.78 is 14.0. The number of hydrogen-bond acceptors (Lipinski definition) is 5. The molecule has 3 aromatic carbocycles. The highest BCUT2D eigenvalue weighted by Gasteiger charge is 2.21. The SMILES string of the molecule is CC(Nc1c(C#N)c(-c2ccc(-c3cc(C(C)C)ccc3O)cc2)nc2ccc(F)cc12)C(=O)O. The number of halogens is 1. The molecule has 35 heavy (non-hydrogen) atoms. The molecule has 0 bridgehead atoms. The molecular formula is C28H24FN3O3. The summed E-state index contributed by atoms with van der Waals surface area (Å²) in [6.45, 7) is 5.61. The molecule has 1 aromatic heterocycles. The quantitative estimate of drug-likeness (QED) is 0.306. The number of carboxylic acids is 1. The van der Waals surface area contributed by atoms with Crippen molar-refractivity contribution in [3.8, 4) is 34.2 Å². The van der Waals surface area contributed by atoms with Crippen LogP contribution in [0.4, 0.5) is 10.1 Å². The first-order valence-corrected chi connectivity index (χ1v) is 11.2. The lowest BCUT2D eigenvalue weighted by molar-refractivity contribution is -0.137. The zero-order valence-electron chi connectivity index (χ0n) is 19.5. The average molecular weight is 470 g/mol. The van der Waals surface area contributed by atoms with E-state index in [-0.39, 0.29) is 17.0 Å². The number of pyridine rings is 1. The molecule has 1 unspecified atom stereocenters. The van der Waals surface area contributed by atoms with Gasteiger partial charge in [-0.25, -0.2) is 9.37 Å². The Morgan fingerprint density at radius 1 is 1.03 bits per heavy atom. The van der Waals surface area contributed by atoms with Crippen molar-refractivity contribution in [3.05, 3.63) is 77.6 Å². The summed E-state index contributed by atoms with van der Waals surface area (Å²) in [5.74, 6) is -1.16. The molecule has 1 atom stereocenters. The van der Waals surface area contributed by atoms with Gasteiger partial charge in [-0.2, -0.15) is 5.26 Å². The van der Waals surface area contributed by atoms with Gasteiger partial charge in [-0.1, -0.05) is 44.2 Å². The van der Waals surface area contributed by atoms with E-state index in [1.54, 1.807) is 18.2 Å². The van der Waals surface area contributed by atoms with E-state index >= 15 is 0 Å². The molecule has 0 aliphatic carbocycles. The smallest absolute Gasteiger partial charge is 0.325 e. The average Bonchev–Trinajstić information content (AvgIpc) is 2.84. The summed E-state index contributed by atoms with van der Waals surface area (Å²) in [6.07, 6.45) is 0. The first-order chi connectivity index (χ1) is 16.7. The minimum Gasteiger partial charge on any atom is -0.507 e. The van der Waals surface area contributed by atoms with Crippen molar-refractivity contribution in [1.29, 1.82) is 5.26 Å². The summed E-state index contributed by atoms with van der Waals surface area (Å²) in [6, 6.07) is 17.9. The normalized spacial score (nSPS) is 11.9. The van der Waals surface area contributed by atoms with Gasteiger partial charge in [-0.3, -0.25) is 4.79 Å². The van der Waals surface area contributed by atoms with Gasteiger partial charge >= 0.3 is 5.97 Å². The second kappa shape index (κ2) is 9.43. The summed E-state index contributed by atoms with van der Waals surface area (Å²) >= 11 is 0. The van der Waals surface area contributed by atoms with Crippen molar-refractivity contribution >= 4 is 22.6 Å². The number of rotatable bonds is 6. The highest BCUT2D eigenvalue weighted by Crippen LogP contribution is 2.37. The predicted octanol–water partition coefficient (Wildman–Crippen LogP) is 6.29. The van der Waals surface area contributed by atoms with Crippen molar-refractivity contribution in [3.63, 3.8) is 0 Å². The van der Waals surface area contributed by atoms with Gasteiger partial charge in [0.1, 0.15) is 29.2 Å². The molecule has 4 aromatic rings. The number of nitrogens with one attached hydrogen (secondary N) is 1. The Labute approximate surface area is 202 Å². The summed E-state index contributed by atoms with van der Waals surface area (Å²) in [7, 11) is 0. The minimum absolute atomic E-state index is 0.119. The van der Waals surface area contributed by atoms with E-state index in [2.05, 4.69) is 30.2 Å². The zero-order chi connectivity index (χ0) is 25.3. The molecule has 0 aliphatic heterocycles. The Morgan fingerprint density at radius 3 is 2.34 bits per heavy atom. The first kappa shape index (κ1) is 23.7. The van der Waals surface area contributed by atoms with Crippen molar-refractivity contribution in [2.75, 3.05) is 5.32 Å². The molecule has 0 amide bonds. The van der Waals surface area contributed by atoms with Crippen LogP contribution in [0.3, 0.4) is 0 Å². The largest absolute Gasteiger partial charge is 0.507 e. The summed E-state index contributed by atoms with van der Waals surface area (Å²) in [5, 5.41) is 32.9. The van der Waals surface area contributed by atoms with Crippen molar-refractivity contribution in [2.24, 2.45) is 0 Å². The lowest BCUT2D eigenvalue weighted by Crippen LogP contribution is -2.26. The van der Waals surface area contributed by atoms with Crippen LogP contribution in [-0.2, 0) is 4.79 Å². The van der Waals surface area contributed by atoms with E-state index in [0.717, 1.165) is 11.1 Å². The van der Waals surface area contributed by atoms with E-state index in [0.29, 0.717) is 33.6 Å². The second-order valence-electron chi connectivity index (χ2n) is 8.70. The Bertz CT molecular complexity index is 1470. The maximum atomic E-state index is 14.0. The van der Waals surface area contributed by atoms with Crippen LogP contribution < -0.4 is 5.32 Å². The number of nitrogens with zero attached hydrogens (tertiary/aromatic N) is 2. The fraction of sp³-hybridized carbons (Fsp3) is 0.179. The number of nitriles is 1. The van der Waals surface area contributed by atoms with Crippen LogP contribution in [0.25, 0.3) is 33.3 Å². The Morgan fingerprint density at radius 2 is 1.71 bits per heavy atom. The Hall–Kier alpha value is -4.44. The number of carboxylic acid groups (broad SMARTS) is 1. The number of aromatic hydroxyl groups is 1. The summed E-state index contributed by atoms with van der Waals surface area (Å²) in [5.41, 5.74) is 4.32. The maximum absolute atomic E-state index is 14.0. The number of hydrogen-bond donors (Lipinski definition) is 3. The van der Waals surface area contributed by atoms with Crippen LogP contribution >= 0.6 is 0 Å². The molecule has 1 heterocycles. The molecule has 0 saturated heterocycles. The number of aliphatic carboxylic acids is 1. The van der Waals surface area contributed by atoms with E-state index < -0.39 is 17.8 Å². The number of anilines is 1. The van der Waals surface area contributed by atoms with Gasteiger partial charge in [0.15, 0.2) is 0 Å². The van der Waals surface area contributed by atoms with Gasteiger partial charge in [0.05, 0.1) is 16.9 Å². The highest BCUT2D eigenvalue weighted by atomic mass is 19.1.